The Hall–Kier alpha value is -4.43. The highest BCUT2D eigenvalue weighted by molar-refractivity contribution is 5.89. The number of hydrogen-bond donors (Lipinski definition) is 4. The molecular weight excluding hydrogens is 536 g/mol. The second kappa shape index (κ2) is 10.6. The van der Waals surface area contributed by atoms with E-state index in [1.165, 1.54) is 23.1 Å². The SMILES string of the molecule is O=C(O)Oc1c[nH]c2cc(N3CCC(O)(COc4ccc(N5C[C@H](CO)OC5=O)cc4F)CC3)c(F)cc2c1=O. The fraction of sp³-hybridized carbons (Fsp3) is 0.346. The second-order valence-corrected chi connectivity index (χ2v) is 9.61. The average Bonchev–Trinajstić information content (AvgIpc) is 3.31. The monoisotopic (exact) mass is 561 g/mol. The summed E-state index contributed by atoms with van der Waals surface area (Å²) in [5.41, 5.74) is -1.40. The van der Waals surface area contributed by atoms with Gasteiger partial charge in [0.1, 0.15) is 24.1 Å². The number of nitrogens with zero attached hydrogens (tertiary/aromatic N) is 2. The van der Waals surface area contributed by atoms with Crippen molar-refractivity contribution in [1.82, 2.24) is 4.98 Å². The molecule has 1 aromatic heterocycles. The first-order valence-electron chi connectivity index (χ1n) is 12.3. The van der Waals surface area contributed by atoms with Gasteiger partial charge in [0.05, 0.1) is 35.4 Å². The number of ether oxygens (including phenoxy) is 3. The summed E-state index contributed by atoms with van der Waals surface area (Å²) in [5, 5.41) is 28.8. The Bertz CT molecular complexity index is 1520. The lowest BCUT2D eigenvalue weighted by Crippen LogP contribution is -2.48. The minimum Gasteiger partial charge on any atom is -0.488 e. The summed E-state index contributed by atoms with van der Waals surface area (Å²) in [6.07, 6.45) is -1.62. The third kappa shape index (κ3) is 5.35. The van der Waals surface area contributed by atoms with Crippen LogP contribution in [-0.2, 0) is 4.74 Å². The van der Waals surface area contributed by atoms with Gasteiger partial charge in [-0.2, -0.15) is 0 Å². The van der Waals surface area contributed by atoms with Crippen LogP contribution in [-0.4, -0.2) is 77.1 Å². The molecule has 40 heavy (non-hydrogen) atoms. The summed E-state index contributed by atoms with van der Waals surface area (Å²) >= 11 is 0. The van der Waals surface area contributed by atoms with Crippen molar-refractivity contribution in [3.8, 4) is 11.5 Å². The van der Waals surface area contributed by atoms with E-state index in [1.807, 2.05) is 0 Å². The summed E-state index contributed by atoms with van der Waals surface area (Å²) in [6, 6.07) is 6.33. The minimum absolute atomic E-state index is 0.0789. The number of nitrogens with one attached hydrogen (secondary N) is 1. The van der Waals surface area contributed by atoms with E-state index in [0.717, 1.165) is 18.3 Å². The number of benzene rings is 2. The molecule has 4 N–H and O–H groups in total. The standard InChI is InChI=1S/C26H25F2N3O9/c27-17-8-16-19(29-10-22(23(16)33)40-25(35)36)9-20(17)30-5-3-26(37,4-6-30)13-38-21-2-1-14(7-18(21)28)31-11-15(12-32)39-24(31)34/h1-2,7-10,15,32,37H,3-6,11-13H2,(H,29,33)(H,35,36)/t15-/m1/s1. The highest BCUT2D eigenvalue weighted by atomic mass is 19.1. The number of aromatic amines is 1. The molecular formula is C26H25F2N3O9. The normalized spacial score (nSPS) is 18.6. The molecule has 5 rings (SSSR count). The van der Waals surface area contributed by atoms with E-state index < -0.39 is 46.8 Å². The van der Waals surface area contributed by atoms with Crippen molar-refractivity contribution in [2.75, 3.05) is 42.6 Å². The first-order valence-corrected chi connectivity index (χ1v) is 12.3. The lowest BCUT2D eigenvalue weighted by molar-refractivity contribution is -0.0250. The molecule has 1 atom stereocenters. The van der Waals surface area contributed by atoms with E-state index in [-0.39, 0.29) is 73.7 Å². The Labute approximate surface area is 224 Å². The van der Waals surface area contributed by atoms with Crippen molar-refractivity contribution in [2.24, 2.45) is 0 Å². The van der Waals surface area contributed by atoms with Crippen LogP contribution in [0.3, 0.4) is 0 Å². The number of halogens is 2. The maximum Gasteiger partial charge on any atom is 0.511 e. The number of anilines is 2. The Kier molecular flexibility index (Phi) is 7.21. The highest BCUT2D eigenvalue weighted by Crippen LogP contribution is 2.32. The number of carbonyl (C=O) groups is 2. The van der Waals surface area contributed by atoms with Crippen molar-refractivity contribution >= 4 is 34.5 Å². The van der Waals surface area contributed by atoms with Crippen molar-refractivity contribution in [2.45, 2.75) is 24.5 Å². The Morgan fingerprint density at radius 1 is 1.12 bits per heavy atom. The molecule has 0 radical (unpaired) electrons. The zero-order valence-corrected chi connectivity index (χ0v) is 20.9. The summed E-state index contributed by atoms with van der Waals surface area (Å²) in [4.78, 5) is 40.7. The van der Waals surface area contributed by atoms with E-state index in [9.17, 15) is 28.3 Å². The van der Waals surface area contributed by atoms with E-state index in [2.05, 4.69) is 9.72 Å². The number of hydrogen-bond acceptors (Lipinski definition) is 9. The molecule has 0 bridgehead atoms. The van der Waals surface area contributed by atoms with Gasteiger partial charge < -0.3 is 39.4 Å². The van der Waals surface area contributed by atoms with Gasteiger partial charge in [-0.1, -0.05) is 0 Å². The molecule has 0 saturated carbocycles. The van der Waals surface area contributed by atoms with Crippen molar-refractivity contribution in [1.29, 1.82) is 0 Å². The minimum atomic E-state index is -1.67. The van der Waals surface area contributed by atoms with Crippen LogP contribution in [0.4, 0.5) is 29.7 Å². The number of aliphatic hydroxyl groups is 2. The van der Waals surface area contributed by atoms with E-state index in [0.29, 0.717) is 0 Å². The maximum absolute atomic E-state index is 15.0. The lowest BCUT2D eigenvalue weighted by Gasteiger charge is -2.39. The summed E-state index contributed by atoms with van der Waals surface area (Å²) in [5.74, 6) is -2.05. The number of carboxylic acid groups (broad SMARTS) is 1. The van der Waals surface area contributed by atoms with E-state index in [1.54, 1.807) is 4.90 Å². The predicted molar refractivity (Wildman–Crippen MR) is 136 cm³/mol. The summed E-state index contributed by atoms with van der Waals surface area (Å²) in [6.45, 7) is -0.0249. The fourth-order valence-electron chi connectivity index (χ4n) is 4.75. The molecule has 12 nitrogen and oxygen atoms in total. The second-order valence-electron chi connectivity index (χ2n) is 9.61. The number of carbonyl (C=O) groups excluding carboxylic acids is 1. The van der Waals surface area contributed by atoms with Gasteiger partial charge in [-0.05, 0) is 37.1 Å². The van der Waals surface area contributed by atoms with Gasteiger partial charge in [0, 0.05) is 25.4 Å². The Morgan fingerprint density at radius 3 is 2.52 bits per heavy atom. The molecule has 1 amide bonds. The number of H-pyrrole nitrogens is 1. The lowest BCUT2D eigenvalue weighted by atomic mass is 9.92. The van der Waals surface area contributed by atoms with Gasteiger partial charge in [0.15, 0.2) is 17.3 Å². The van der Waals surface area contributed by atoms with Crippen LogP contribution in [0.25, 0.3) is 10.9 Å². The first-order chi connectivity index (χ1) is 19.1. The van der Waals surface area contributed by atoms with Gasteiger partial charge in [-0.25, -0.2) is 18.4 Å². The molecule has 2 aliphatic rings. The van der Waals surface area contributed by atoms with E-state index in [4.69, 9.17) is 19.7 Å². The summed E-state index contributed by atoms with van der Waals surface area (Å²) < 4.78 is 44.6. The highest BCUT2D eigenvalue weighted by Gasteiger charge is 2.35. The van der Waals surface area contributed by atoms with Crippen LogP contribution in [0.5, 0.6) is 11.5 Å². The van der Waals surface area contributed by atoms with E-state index >= 15 is 0 Å². The first kappa shape index (κ1) is 27.1. The van der Waals surface area contributed by atoms with Crippen LogP contribution in [0.1, 0.15) is 12.8 Å². The molecule has 2 aliphatic heterocycles. The van der Waals surface area contributed by atoms with Crippen molar-refractivity contribution in [3.63, 3.8) is 0 Å². The third-order valence-electron chi connectivity index (χ3n) is 6.95. The maximum atomic E-state index is 15.0. The molecule has 0 aliphatic carbocycles. The van der Waals surface area contributed by atoms with Crippen LogP contribution < -0.4 is 24.7 Å². The molecule has 0 spiro atoms. The third-order valence-corrected chi connectivity index (χ3v) is 6.95. The van der Waals surface area contributed by atoms with Crippen LogP contribution in [0, 0.1) is 11.6 Å². The fourth-order valence-corrected chi connectivity index (χ4v) is 4.75. The van der Waals surface area contributed by atoms with Gasteiger partial charge >= 0.3 is 12.2 Å². The zero-order chi connectivity index (χ0) is 28.6. The van der Waals surface area contributed by atoms with Gasteiger partial charge in [0.25, 0.3) is 0 Å². The number of cyclic esters (lactones) is 1. The van der Waals surface area contributed by atoms with Gasteiger partial charge in [0.2, 0.25) is 5.43 Å². The molecule has 3 aromatic rings. The molecule has 212 valence electrons. The van der Waals surface area contributed by atoms with Crippen LogP contribution in [0.2, 0.25) is 0 Å². The molecule has 2 saturated heterocycles. The van der Waals surface area contributed by atoms with Gasteiger partial charge in [-0.3, -0.25) is 9.69 Å². The number of rotatable bonds is 7. The smallest absolute Gasteiger partial charge is 0.488 e. The van der Waals surface area contributed by atoms with Gasteiger partial charge in [-0.15, -0.1) is 0 Å². The van der Waals surface area contributed by atoms with Crippen LogP contribution >= 0.6 is 0 Å². The number of aromatic nitrogens is 1. The Balaban J connectivity index is 1.22. The molecule has 2 fully saturated rings. The summed E-state index contributed by atoms with van der Waals surface area (Å²) in [7, 11) is 0. The Morgan fingerprint density at radius 2 is 1.88 bits per heavy atom. The van der Waals surface area contributed by atoms with Crippen molar-refractivity contribution < 1.29 is 47.9 Å². The molecule has 2 aromatic carbocycles. The number of aliphatic hydroxyl groups excluding tert-OH is 1. The number of fused-ring (bicyclic) bond motifs is 1. The molecule has 14 heteroatoms. The topological polar surface area (TPSA) is 162 Å². The van der Waals surface area contributed by atoms with Crippen molar-refractivity contribution in [3.05, 3.63) is 58.4 Å². The average molecular weight is 561 g/mol. The molecule has 0 unspecified atom stereocenters. The predicted octanol–water partition coefficient (Wildman–Crippen LogP) is 2.59. The zero-order valence-electron chi connectivity index (χ0n) is 20.9. The quantitative estimate of drug-likeness (QED) is 0.316. The number of amides is 1. The van der Waals surface area contributed by atoms with Crippen LogP contribution in [0.15, 0.2) is 41.3 Å². The number of pyridine rings is 1. The largest absolute Gasteiger partial charge is 0.511 e. The number of piperidine rings is 1. The molecule has 3 heterocycles.